The molecule has 90 valence electrons. The standard InChI is InChI=1S/C14H22OS/c1-11-9-13(2,3)10-14(11,15)7-6-12-5-4-8-16-12/h4-5,8,11,15H,6-7,9-10H2,1-3H3. The van der Waals surface area contributed by atoms with Gasteiger partial charge in [0.15, 0.2) is 0 Å². The number of rotatable bonds is 3. The number of aryl methyl sites for hydroxylation is 1. The van der Waals surface area contributed by atoms with Gasteiger partial charge in [-0.3, -0.25) is 0 Å². The topological polar surface area (TPSA) is 20.2 Å². The molecule has 1 heterocycles. The zero-order valence-corrected chi connectivity index (χ0v) is 11.3. The highest BCUT2D eigenvalue weighted by Crippen LogP contribution is 2.49. The van der Waals surface area contributed by atoms with Gasteiger partial charge in [0.05, 0.1) is 5.60 Å². The zero-order valence-electron chi connectivity index (χ0n) is 10.5. The SMILES string of the molecule is CC1CC(C)(C)CC1(O)CCc1cccs1. The van der Waals surface area contributed by atoms with Crippen LogP contribution in [0.2, 0.25) is 0 Å². The van der Waals surface area contributed by atoms with Gasteiger partial charge in [0, 0.05) is 4.88 Å². The first-order valence-electron chi connectivity index (χ1n) is 6.16. The van der Waals surface area contributed by atoms with Crippen molar-refractivity contribution >= 4 is 11.3 Å². The molecule has 16 heavy (non-hydrogen) atoms. The van der Waals surface area contributed by atoms with Crippen LogP contribution in [0, 0.1) is 11.3 Å². The Hall–Kier alpha value is -0.340. The molecular weight excluding hydrogens is 216 g/mol. The van der Waals surface area contributed by atoms with Crippen LogP contribution in [-0.4, -0.2) is 10.7 Å². The van der Waals surface area contributed by atoms with Crippen molar-refractivity contribution in [2.45, 2.75) is 52.1 Å². The number of thiophene rings is 1. The summed E-state index contributed by atoms with van der Waals surface area (Å²) in [6, 6.07) is 4.25. The van der Waals surface area contributed by atoms with E-state index in [-0.39, 0.29) is 0 Å². The van der Waals surface area contributed by atoms with Gasteiger partial charge in [-0.15, -0.1) is 11.3 Å². The number of hydrogen-bond acceptors (Lipinski definition) is 2. The molecule has 1 aliphatic carbocycles. The average molecular weight is 238 g/mol. The maximum atomic E-state index is 10.7. The summed E-state index contributed by atoms with van der Waals surface area (Å²) in [6.45, 7) is 6.74. The van der Waals surface area contributed by atoms with E-state index in [9.17, 15) is 5.11 Å². The molecule has 2 atom stereocenters. The molecule has 0 aromatic carbocycles. The summed E-state index contributed by atoms with van der Waals surface area (Å²) in [6.07, 6.45) is 4.03. The van der Waals surface area contributed by atoms with Crippen LogP contribution in [0.3, 0.4) is 0 Å². The molecule has 2 heteroatoms. The number of aliphatic hydroxyl groups is 1. The Morgan fingerprint density at radius 1 is 1.50 bits per heavy atom. The van der Waals surface area contributed by atoms with Crippen LogP contribution >= 0.6 is 11.3 Å². The molecule has 0 spiro atoms. The van der Waals surface area contributed by atoms with Crippen LogP contribution < -0.4 is 0 Å². The van der Waals surface area contributed by atoms with Crippen LogP contribution in [0.5, 0.6) is 0 Å². The molecule has 0 saturated heterocycles. The van der Waals surface area contributed by atoms with E-state index in [1.165, 1.54) is 4.88 Å². The predicted octanol–water partition coefficient (Wildman–Crippen LogP) is 3.87. The maximum absolute atomic E-state index is 10.7. The van der Waals surface area contributed by atoms with Crippen molar-refractivity contribution in [1.29, 1.82) is 0 Å². The average Bonchev–Trinajstić information content (AvgIpc) is 2.71. The molecule has 0 bridgehead atoms. The third-order valence-corrected chi connectivity index (χ3v) is 4.88. The first-order valence-corrected chi connectivity index (χ1v) is 7.04. The summed E-state index contributed by atoms with van der Waals surface area (Å²) in [5.41, 5.74) is -0.128. The van der Waals surface area contributed by atoms with Gasteiger partial charge in [-0.25, -0.2) is 0 Å². The molecule has 2 rings (SSSR count). The molecule has 1 aliphatic rings. The Morgan fingerprint density at radius 2 is 2.25 bits per heavy atom. The lowest BCUT2D eigenvalue weighted by atomic mass is 9.86. The van der Waals surface area contributed by atoms with Gasteiger partial charge in [0.1, 0.15) is 0 Å². The lowest BCUT2D eigenvalue weighted by Gasteiger charge is -2.28. The fourth-order valence-corrected chi connectivity index (χ4v) is 3.93. The highest BCUT2D eigenvalue weighted by Gasteiger charge is 2.46. The van der Waals surface area contributed by atoms with Crippen LogP contribution in [0.4, 0.5) is 0 Å². The van der Waals surface area contributed by atoms with E-state index >= 15 is 0 Å². The molecule has 0 radical (unpaired) electrons. The Morgan fingerprint density at radius 3 is 2.75 bits per heavy atom. The molecule has 0 amide bonds. The van der Waals surface area contributed by atoms with Gasteiger partial charge < -0.3 is 5.11 Å². The van der Waals surface area contributed by atoms with Crippen LogP contribution in [0.25, 0.3) is 0 Å². The van der Waals surface area contributed by atoms with Crippen molar-refractivity contribution in [1.82, 2.24) is 0 Å². The molecule has 1 aromatic heterocycles. The van der Waals surface area contributed by atoms with Crippen molar-refractivity contribution in [3.05, 3.63) is 22.4 Å². The van der Waals surface area contributed by atoms with E-state index in [0.717, 1.165) is 25.7 Å². The fraction of sp³-hybridized carbons (Fsp3) is 0.714. The summed E-state index contributed by atoms with van der Waals surface area (Å²) in [5, 5.41) is 12.8. The lowest BCUT2D eigenvalue weighted by molar-refractivity contribution is -0.00354. The van der Waals surface area contributed by atoms with Gasteiger partial charge in [-0.1, -0.05) is 26.8 Å². The van der Waals surface area contributed by atoms with Gasteiger partial charge in [0.2, 0.25) is 0 Å². The normalized spacial score (nSPS) is 33.1. The van der Waals surface area contributed by atoms with Crippen molar-refractivity contribution in [2.24, 2.45) is 11.3 Å². The Labute approximate surface area is 103 Å². The van der Waals surface area contributed by atoms with E-state index in [1.54, 1.807) is 11.3 Å². The zero-order chi connectivity index (χ0) is 11.8. The third kappa shape index (κ3) is 2.49. The summed E-state index contributed by atoms with van der Waals surface area (Å²) in [4.78, 5) is 1.39. The van der Waals surface area contributed by atoms with E-state index in [2.05, 4.69) is 38.3 Å². The quantitative estimate of drug-likeness (QED) is 0.847. The third-order valence-electron chi connectivity index (χ3n) is 3.95. The van der Waals surface area contributed by atoms with Gasteiger partial charge in [-0.2, -0.15) is 0 Å². The van der Waals surface area contributed by atoms with E-state index in [0.29, 0.717) is 11.3 Å². The highest BCUT2D eigenvalue weighted by atomic mass is 32.1. The van der Waals surface area contributed by atoms with Crippen LogP contribution in [0.15, 0.2) is 17.5 Å². The first kappa shape index (κ1) is 12.1. The minimum atomic E-state index is -0.437. The van der Waals surface area contributed by atoms with Crippen molar-refractivity contribution in [3.8, 4) is 0 Å². The Bertz CT molecular complexity index is 342. The van der Waals surface area contributed by atoms with Gasteiger partial charge >= 0.3 is 0 Å². The fourth-order valence-electron chi connectivity index (χ4n) is 3.22. The predicted molar refractivity (Wildman–Crippen MR) is 69.8 cm³/mol. The summed E-state index contributed by atoms with van der Waals surface area (Å²) < 4.78 is 0. The van der Waals surface area contributed by atoms with Crippen molar-refractivity contribution in [2.75, 3.05) is 0 Å². The molecule has 1 nitrogen and oxygen atoms in total. The summed E-state index contributed by atoms with van der Waals surface area (Å²) in [7, 11) is 0. The molecule has 1 fully saturated rings. The summed E-state index contributed by atoms with van der Waals surface area (Å²) >= 11 is 1.80. The van der Waals surface area contributed by atoms with Crippen molar-refractivity contribution < 1.29 is 5.11 Å². The second-order valence-electron chi connectivity index (χ2n) is 6.13. The van der Waals surface area contributed by atoms with E-state index in [4.69, 9.17) is 0 Å². The second-order valence-corrected chi connectivity index (χ2v) is 7.16. The first-order chi connectivity index (χ1) is 7.41. The van der Waals surface area contributed by atoms with Crippen molar-refractivity contribution in [3.63, 3.8) is 0 Å². The Kier molecular flexibility index (Phi) is 3.15. The molecule has 1 saturated carbocycles. The van der Waals surface area contributed by atoms with Gasteiger partial charge in [0.25, 0.3) is 0 Å². The summed E-state index contributed by atoms with van der Waals surface area (Å²) in [5.74, 6) is 0.433. The van der Waals surface area contributed by atoms with E-state index in [1.807, 2.05) is 0 Å². The Balaban J connectivity index is 1.98. The maximum Gasteiger partial charge on any atom is 0.0681 e. The molecular formula is C14H22OS. The monoisotopic (exact) mass is 238 g/mol. The molecule has 2 unspecified atom stereocenters. The van der Waals surface area contributed by atoms with E-state index < -0.39 is 5.60 Å². The number of hydrogen-bond donors (Lipinski definition) is 1. The van der Waals surface area contributed by atoms with Gasteiger partial charge in [-0.05, 0) is 48.5 Å². The lowest BCUT2D eigenvalue weighted by Crippen LogP contribution is -2.32. The molecule has 0 aliphatic heterocycles. The second kappa shape index (κ2) is 4.15. The van der Waals surface area contributed by atoms with Crippen LogP contribution in [-0.2, 0) is 6.42 Å². The highest BCUT2D eigenvalue weighted by molar-refractivity contribution is 7.09. The largest absolute Gasteiger partial charge is 0.390 e. The molecule has 1 N–H and O–H groups in total. The molecule has 1 aromatic rings. The minimum Gasteiger partial charge on any atom is -0.390 e. The smallest absolute Gasteiger partial charge is 0.0681 e. The minimum absolute atomic E-state index is 0.309. The van der Waals surface area contributed by atoms with Crippen LogP contribution in [0.1, 0.15) is 44.9 Å².